The molecule has 24 heavy (non-hydrogen) atoms. The van der Waals surface area contributed by atoms with Crippen LogP contribution in [0.1, 0.15) is 28.6 Å². The molecule has 1 amide bonds. The lowest BCUT2D eigenvalue weighted by Gasteiger charge is -2.04. The first-order valence-corrected chi connectivity index (χ1v) is 7.57. The summed E-state index contributed by atoms with van der Waals surface area (Å²) >= 11 is 0. The van der Waals surface area contributed by atoms with Gasteiger partial charge in [-0.15, -0.1) is 0 Å². The van der Waals surface area contributed by atoms with Crippen LogP contribution in [0, 0.1) is 6.92 Å². The van der Waals surface area contributed by atoms with E-state index in [1.165, 1.54) is 0 Å². The fourth-order valence-corrected chi connectivity index (χ4v) is 2.45. The molecule has 0 atom stereocenters. The highest BCUT2D eigenvalue weighted by molar-refractivity contribution is 6.02. The number of furan rings is 1. The van der Waals surface area contributed by atoms with Gasteiger partial charge in [-0.05, 0) is 37.6 Å². The number of hydrazone groups is 1. The highest BCUT2D eigenvalue weighted by Gasteiger charge is 2.12. The van der Waals surface area contributed by atoms with E-state index in [0.717, 1.165) is 10.9 Å². The van der Waals surface area contributed by atoms with Crippen molar-refractivity contribution in [2.45, 2.75) is 13.8 Å². The zero-order valence-corrected chi connectivity index (χ0v) is 13.8. The highest BCUT2D eigenvalue weighted by atomic mass is 16.5. The van der Waals surface area contributed by atoms with Gasteiger partial charge in [0.05, 0.1) is 7.11 Å². The Hall–Kier alpha value is -3.08. The Balaban J connectivity index is 1.84. The van der Waals surface area contributed by atoms with Gasteiger partial charge >= 0.3 is 0 Å². The Labute approximate surface area is 139 Å². The normalized spacial score (nSPS) is 11.5. The summed E-state index contributed by atoms with van der Waals surface area (Å²) in [5.74, 6) is 0.997. The average Bonchev–Trinajstić information content (AvgIpc) is 3.04. The zero-order valence-electron chi connectivity index (χ0n) is 13.8. The standard InChI is InChI=1S/C19H18N2O3/c1-12-7-4-5-9-15(12)19(22)21-20-13(2)17-11-14-8-6-10-16(23-3)18(14)24-17/h4-11H,1-3H3,(H,21,22)/b20-13-. The van der Waals surface area contributed by atoms with Crippen molar-refractivity contribution in [1.82, 2.24) is 5.43 Å². The molecule has 0 aliphatic heterocycles. The van der Waals surface area contributed by atoms with Gasteiger partial charge in [-0.2, -0.15) is 5.10 Å². The molecule has 0 bridgehead atoms. The molecule has 122 valence electrons. The maximum atomic E-state index is 12.2. The molecular formula is C19H18N2O3. The number of ether oxygens (including phenoxy) is 1. The number of methoxy groups -OCH3 is 1. The van der Waals surface area contributed by atoms with Crippen LogP contribution in [0.15, 0.2) is 58.0 Å². The van der Waals surface area contributed by atoms with Crippen molar-refractivity contribution in [1.29, 1.82) is 0 Å². The van der Waals surface area contributed by atoms with E-state index >= 15 is 0 Å². The fraction of sp³-hybridized carbons (Fsp3) is 0.158. The number of benzene rings is 2. The highest BCUT2D eigenvalue weighted by Crippen LogP contribution is 2.28. The molecule has 2 aromatic carbocycles. The van der Waals surface area contributed by atoms with Gasteiger partial charge in [0.2, 0.25) is 0 Å². The molecule has 5 nitrogen and oxygen atoms in total. The molecule has 3 aromatic rings. The Morgan fingerprint density at radius 1 is 1.17 bits per heavy atom. The number of aryl methyl sites for hydroxylation is 1. The molecule has 1 aromatic heterocycles. The van der Waals surface area contributed by atoms with Gasteiger partial charge in [-0.25, -0.2) is 5.43 Å². The van der Waals surface area contributed by atoms with Gasteiger partial charge in [0.15, 0.2) is 17.1 Å². The van der Waals surface area contributed by atoms with Crippen molar-refractivity contribution in [3.8, 4) is 5.75 Å². The van der Waals surface area contributed by atoms with Gasteiger partial charge in [0.25, 0.3) is 5.91 Å². The predicted molar refractivity (Wildman–Crippen MR) is 93.6 cm³/mol. The lowest BCUT2D eigenvalue weighted by Crippen LogP contribution is -2.20. The summed E-state index contributed by atoms with van der Waals surface area (Å²) in [5, 5.41) is 5.07. The van der Waals surface area contributed by atoms with Crippen LogP contribution in [0.3, 0.4) is 0 Å². The average molecular weight is 322 g/mol. The second-order valence-corrected chi connectivity index (χ2v) is 5.44. The van der Waals surface area contributed by atoms with Gasteiger partial charge in [0.1, 0.15) is 5.71 Å². The number of nitrogens with zero attached hydrogens (tertiary/aromatic N) is 1. The molecule has 3 rings (SSSR count). The first-order valence-electron chi connectivity index (χ1n) is 7.57. The number of amides is 1. The summed E-state index contributed by atoms with van der Waals surface area (Å²) in [4.78, 5) is 12.2. The fourth-order valence-electron chi connectivity index (χ4n) is 2.45. The minimum Gasteiger partial charge on any atom is -0.493 e. The van der Waals surface area contributed by atoms with E-state index in [4.69, 9.17) is 9.15 Å². The summed E-state index contributed by atoms with van der Waals surface area (Å²) in [7, 11) is 1.60. The third kappa shape index (κ3) is 3.01. The Kier molecular flexibility index (Phi) is 4.33. The van der Waals surface area contributed by atoms with Crippen molar-refractivity contribution in [3.05, 3.63) is 65.4 Å². The maximum Gasteiger partial charge on any atom is 0.271 e. The van der Waals surface area contributed by atoms with Crippen molar-refractivity contribution in [2.75, 3.05) is 7.11 Å². The molecule has 0 saturated carbocycles. The van der Waals surface area contributed by atoms with E-state index in [0.29, 0.717) is 28.4 Å². The van der Waals surface area contributed by atoms with Crippen LogP contribution in [-0.4, -0.2) is 18.7 Å². The van der Waals surface area contributed by atoms with Crippen molar-refractivity contribution >= 4 is 22.6 Å². The van der Waals surface area contributed by atoms with E-state index in [1.807, 2.05) is 49.4 Å². The number of carbonyl (C=O) groups excluding carboxylic acids is 1. The smallest absolute Gasteiger partial charge is 0.271 e. The molecule has 1 heterocycles. The topological polar surface area (TPSA) is 63.8 Å². The van der Waals surface area contributed by atoms with Crippen LogP contribution in [0.4, 0.5) is 0 Å². The van der Waals surface area contributed by atoms with Crippen molar-refractivity contribution in [3.63, 3.8) is 0 Å². The lowest BCUT2D eigenvalue weighted by atomic mass is 10.1. The third-order valence-corrected chi connectivity index (χ3v) is 3.80. The van der Waals surface area contributed by atoms with Gasteiger partial charge in [0, 0.05) is 10.9 Å². The van der Waals surface area contributed by atoms with Crippen molar-refractivity contribution < 1.29 is 13.9 Å². The zero-order chi connectivity index (χ0) is 17.1. The van der Waals surface area contributed by atoms with E-state index in [2.05, 4.69) is 10.5 Å². The SMILES string of the molecule is COc1cccc2cc(/C(C)=N\NC(=O)c3ccccc3C)oc12. The molecule has 0 saturated heterocycles. The number of para-hydroxylation sites is 1. The number of fused-ring (bicyclic) bond motifs is 1. The van der Waals surface area contributed by atoms with Gasteiger partial charge in [-0.3, -0.25) is 4.79 Å². The van der Waals surface area contributed by atoms with Crippen LogP contribution >= 0.6 is 0 Å². The summed E-state index contributed by atoms with van der Waals surface area (Å²) in [6, 6.07) is 14.9. The molecule has 0 radical (unpaired) electrons. The molecule has 0 spiro atoms. The van der Waals surface area contributed by atoms with Crippen LogP contribution in [0.25, 0.3) is 11.0 Å². The largest absolute Gasteiger partial charge is 0.493 e. The molecule has 5 heteroatoms. The number of rotatable bonds is 4. The monoisotopic (exact) mass is 322 g/mol. The number of hydrogen-bond acceptors (Lipinski definition) is 4. The molecule has 1 N–H and O–H groups in total. The molecular weight excluding hydrogens is 304 g/mol. The molecule has 0 aliphatic rings. The number of hydrogen-bond donors (Lipinski definition) is 1. The second kappa shape index (κ2) is 6.58. The Morgan fingerprint density at radius 2 is 1.96 bits per heavy atom. The summed E-state index contributed by atoms with van der Waals surface area (Å²) < 4.78 is 11.1. The minimum absolute atomic E-state index is 0.249. The van der Waals surface area contributed by atoms with Crippen LogP contribution in [0.2, 0.25) is 0 Å². The first kappa shape index (κ1) is 15.8. The summed E-state index contributed by atoms with van der Waals surface area (Å²) in [5.41, 5.74) is 5.31. The van der Waals surface area contributed by atoms with E-state index < -0.39 is 0 Å². The Bertz CT molecular complexity index is 925. The van der Waals surface area contributed by atoms with E-state index in [-0.39, 0.29) is 5.91 Å². The number of nitrogens with one attached hydrogen (secondary N) is 1. The predicted octanol–water partition coefficient (Wildman–Crippen LogP) is 3.90. The lowest BCUT2D eigenvalue weighted by molar-refractivity contribution is 0.0954. The quantitative estimate of drug-likeness (QED) is 0.585. The molecule has 0 unspecified atom stereocenters. The maximum absolute atomic E-state index is 12.2. The number of carbonyl (C=O) groups is 1. The molecule has 0 aliphatic carbocycles. The first-order chi connectivity index (χ1) is 11.6. The van der Waals surface area contributed by atoms with Crippen LogP contribution in [0.5, 0.6) is 5.75 Å². The van der Waals surface area contributed by atoms with Crippen LogP contribution < -0.4 is 10.2 Å². The molecule has 0 fully saturated rings. The van der Waals surface area contributed by atoms with Crippen LogP contribution in [-0.2, 0) is 0 Å². The summed E-state index contributed by atoms with van der Waals surface area (Å²) in [6.07, 6.45) is 0. The Morgan fingerprint density at radius 3 is 2.71 bits per heavy atom. The van der Waals surface area contributed by atoms with E-state index in [1.54, 1.807) is 20.1 Å². The second-order valence-electron chi connectivity index (χ2n) is 5.44. The van der Waals surface area contributed by atoms with Gasteiger partial charge in [-0.1, -0.05) is 30.3 Å². The van der Waals surface area contributed by atoms with E-state index in [9.17, 15) is 4.79 Å². The minimum atomic E-state index is -0.249. The summed E-state index contributed by atoms with van der Waals surface area (Å²) in [6.45, 7) is 3.67. The van der Waals surface area contributed by atoms with Gasteiger partial charge < -0.3 is 9.15 Å². The van der Waals surface area contributed by atoms with Crippen molar-refractivity contribution in [2.24, 2.45) is 5.10 Å². The third-order valence-electron chi connectivity index (χ3n) is 3.80.